The van der Waals surface area contributed by atoms with E-state index in [0.29, 0.717) is 32.0 Å². The van der Waals surface area contributed by atoms with Crippen molar-refractivity contribution in [2.75, 3.05) is 33.2 Å². The Hall–Kier alpha value is -2.65. The van der Waals surface area contributed by atoms with Crippen LogP contribution in [0.4, 0.5) is 13.2 Å². The zero-order valence-corrected chi connectivity index (χ0v) is 18.8. The number of halogens is 3. The van der Waals surface area contributed by atoms with Gasteiger partial charge in [-0.2, -0.15) is 18.4 Å². The summed E-state index contributed by atoms with van der Waals surface area (Å²) >= 11 is 0. The monoisotopic (exact) mass is 486 g/mol. The first-order chi connectivity index (χ1) is 15.5. The van der Waals surface area contributed by atoms with Crippen molar-refractivity contribution < 1.29 is 31.2 Å². The summed E-state index contributed by atoms with van der Waals surface area (Å²) in [5, 5.41) is 9.71. The third-order valence-corrected chi connectivity index (χ3v) is 8.38. The first kappa shape index (κ1) is 25.0. The van der Waals surface area contributed by atoms with Crippen molar-refractivity contribution in [3.63, 3.8) is 0 Å². The number of carbonyl (C=O) groups excluding carboxylic acids is 2. The molecule has 0 spiro atoms. The topological polar surface area (TPSA) is 111 Å². The molecule has 0 aromatic heterocycles. The largest absolute Gasteiger partial charge is 0.417 e. The third kappa shape index (κ3) is 5.30. The Bertz CT molecular complexity index is 1050. The number of nitriles is 1. The van der Waals surface area contributed by atoms with Crippen LogP contribution in [0, 0.1) is 17.2 Å². The predicted molar refractivity (Wildman–Crippen MR) is 111 cm³/mol. The second-order valence-corrected chi connectivity index (χ2v) is 10.6. The molecule has 0 radical (unpaired) electrons. The molecule has 2 fully saturated rings. The molecule has 33 heavy (non-hydrogen) atoms. The van der Waals surface area contributed by atoms with Crippen molar-refractivity contribution in [1.82, 2.24) is 15.1 Å². The maximum absolute atomic E-state index is 13.5. The average Bonchev–Trinajstić information content (AvgIpc) is 3.23. The molecule has 2 aliphatic heterocycles. The lowest BCUT2D eigenvalue weighted by Crippen LogP contribution is -2.49. The molecular weight excluding hydrogens is 461 g/mol. The Balaban J connectivity index is 1.92. The van der Waals surface area contributed by atoms with Crippen LogP contribution in [-0.4, -0.2) is 74.6 Å². The molecule has 2 saturated heterocycles. The Morgan fingerprint density at radius 2 is 1.85 bits per heavy atom. The van der Waals surface area contributed by atoms with E-state index in [4.69, 9.17) is 5.26 Å². The number of hydrogen-bond acceptors (Lipinski definition) is 6. The van der Waals surface area contributed by atoms with Gasteiger partial charge in [0.25, 0.3) is 0 Å². The van der Waals surface area contributed by atoms with Gasteiger partial charge in [-0.15, -0.1) is 0 Å². The van der Waals surface area contributed by atoms with Crippen LogP contribution in [-0.2, 0) is 25.6 Å². The molecule has 1 N–H and O–H groups in total. The standard InChI is InChI=1S/C21H25F3N4O4S/c1-27-10-6-14(7-11-27)20(30)28-13-15(12-17(28)19(29)26-9-8-25)33(31,32)18-5-3-2-4-16(18)21(22,23)24/h2-5,14-15,17H,6-7,9-13H2,1H3,(H,26,29). The van der Waals surface area contributed by atoms with E-state index in [1.807, 2.05) is 11.9 Å². The first-order valence-electron chi connectivity index (χ1n) is 10.5. The van der Waals surface area contributed by atoms with E-state index in [0.717, 1.165) is 12.1 Å². The summed E-state index contributed by atoms with van der Waals surface area (Å²) in [6.45, 7) is 0.608. The second-order valence-electron chi connectivity index (χ2n) is 8.36. The summed E-state index contributed by atoms with van der Waals surface area (Å²) in [6.07, 6.45) is -4.15. The minimum absolute atomic E-state index is 0.333. The number of alkyl halides is 3. The molecule has 2 atom stereocenters. The van der Waals surface area contributed by atoms with Crippen molar-refractivity contribution in [2.45, 2.75) is 41.6 Å². The fourth-order valence-electron chi connectivity index (χ4n) is 4.38. The van der Waals surface area contributed by atoms with Crippen molar-refractivity contribution in [2.24, 2.45) is 5.92 Å². The Morgan fingerprint density at radius 3 is 2.45 bits per heavy atom. The highest BCUT2D eigenvalue weighted by molar-refractivity contribution is 7.92. The number of piperidine rings is 1. The smallest absolute Gasteiger partial charge is 0.341 e. The Morgan fingerprint density at radius 1 is 1.21 bits per heavy atom. The SMILES string of the molecule is CN1CCC(C(=O)N2CC(S(=O)(=O)c3ccccc3C(F)(F)F)CC2C(=O)NCC#N)CC1. The fourth-order valence-corrected chi connectivity index (χ4v) is 6.29. The normalized spacial score (nSPS) is 22.7. The molecule has 2 aliphatic rings. The number of sulfone groups is 1. The number of amides is 2. The molecule has 0 aliphatic carbocycles. The molecule has 1 aromatic rings. The number of benzene rings is 1. The molecule has 0 bridgehead atoms. The molecule has 1 aromatic carbocycles. The van der Waals surface area contributed by atoms with Gasteiger partial charge >= 0.3 is 6.18 Å². The lowest BCUT2D eigenvalue weighted by Gasteiger charge is -2.32. The number of carbonyl (C=O) groups is 2. The molecule has 8 nitrogen and oxygen atoms in total. The van der Waals surface area contributed by atoms with E-state index in [1.54, 1.807) is 6.07 Å². The van der Waals surface area contributed by atoms with E-state index in [-0.39, 0.29) is 25.4 Å². The summed E-state index contributed by atoms with van der Waals surface area (Å²) in [6, 6.07) is 4.46. The minimum Gasteiger partial charge on any atom is -0.341 e. The van der Waals surface area contributed by atoms with E-state index in [9.17, 15) is 31.2 Å². The zero-order valence-electron chi connectivity index (χ0n) is 18.0. The fraction of sp³-hybridized carbons (Fsp3) is 0.571. The number of nitrogens with zero attached hydrogens (tertiary/aromatic N) is 3. The van der Waals surface area contributed by atoms with Crippen LogP contribution >= 0.6 is 0 Å². The van der Waals surface area contributed by atoms with Crippen LogP contribution in [0.3, 0.4) is 0 Å². The van der Waals surface area contributed by atoms with Crippen LogP contribution in [0.15, 0.2) is 29.2 Å². The van der Waals surface area contributed by atoms with Gasteiger partial charge in [-0.1, -0.05) is 12.1 Å². The summed E-state index contributed by atoms with van der Waals surface area (Å²) in [5.41, 5.74) is -1.28. The maximum atomic E-state index is 13.5. The quantitative estimate of drug-likeness (QED) is 0.631. The average molecular weight is 487 g/mol. The van der Waals surface area contributed by atoms with Crippen LogP contribution in [0.5, 0.6) is 0 Å². The van der Waals surface area contributed by atoms with Gasteiger partial charge in [0.05, 0.1) is 21.8 Å². The van der Waals surface area contributed by atoms with Gasteiger partial charge in [-0.05, 0) is 51.5 Å². The van der Waals surface area contributed by atoms with Gasteiger partial charge < -0.3 is 15.1 Å². The minimum atomic E-state index is -4.88. The summed E-state index contributed by atoms with van der Waals surface area (Å²) < 4.78 is 66.9. The molecule has 2 heterocycles. The lowest BCUT2D eigenvalue weighted by atomic mass is 9.95. The molecule has 3 rings (SSSR count). The van der Waals surface area contributed by atoms with Gasteiger partial charge in [0, 0.05) is 12.5 Å². The second kappa shape index (κ2) is 9.69. The lowest BCUT2D eigenvalue weighted by molar-refractivity contribution is -0.142. The number of rotatable bonds is 5. The molecule has 2 unspecified atom stereocenters. The van der Waals surface area contributed by atoms with Gasteiger partial charge in [0.15, 0.2) is 9.84 Å². The van der Waals surface area contributed by atoms with Gasteiger partial charge in [0.1, 0.15) is 12.6 Å². The van der Waals surface area contributed by atoms with E-state index >= 15 is 0 Å². The molecule has 180 valence electrons. The number of hydrogen-bond donors (Lipinski definition) is 1. The van der Waals surface area contributed by atoms with Crippen LogP contribution in [0.1, 0.15) is 24.8 Å². The molecule has 12 heteroatoms. The summed E-state index contributed by atoms with van der Waals surface area (Å²) in [7, 11) is -2.60. The van der Waals surface area contributed by atoms with Gasteiger partial charge in [-0.25, -0.2) is 8.42 Å². The van der Waals surface area contributed by atoms with Crippen LogP contribution < -0.4 is 5.32 Å². The first-order valence-corrected chi connectivity index (χ1v) is 12.0. The highest BCUT2D eigenvalue weighted by atomic mass is 32.2. The number of likely N-dealkylation sites (tertiary alicyclic amines) is 2. The zero-order chi connectivity index (χ0) is 24.4. The van der Waals surface area contributed by atoms with Crippen molar-refractivity contribution in [1.29, 1.82) is 5.26 Å². The molecule has 0 saturated carbocycles. The highest BCUT2D eigenvalue weighted by Gasteiger charge is 2.48. The summed E-state index contributed by atoms with van der Waals surface area (Å²) in [4.78, 5) is 28.2. The predicted octanol–water partition coefficient (Wildman–Crippen LogP) is 1.43. The van der Waals surface area contributed by atoms with Crippen LogP contribution in [0.2, 0.25) is 0 Å². The van der Waals surface area contributed by atoms with E-state index < -0.39 is 49.6 Å². The molecular formula is C21H25F3N4O4S. The van der Waals surface area contributed by atoms with Crippen LogP contribution in [0.25, 0.3) is 0 Å². The highest BCUT2D eigenvalue weighted by Crippen LogP contribution is 2.38. The maximum Gasteiger partial charge on any atom is 0.417 e. The van der Waals surface area contributed by atoms with Crippen molar-refractivity contribution in [3.8, 4) is 6.07 Å². The van der Waals surface area contributed by atoms with Gasteiger partial charge in [0.2, 0.25) is 11.8 Å². The summed E-state index contributed by atoms with van der Waals surface area (Å²) in [5.74, 6) is -1.49. The van der Waals surface area contributed by atoms with Crippen molar-refractivity contribution in [3.05, 3.63) is 29.8 Å². The van der Waals surface area contributed by atoms with Crippen molar-refractivity contribution >= 4 is 21.7 Å². The number of nitrogens with one attached hydrogen (secondary N) is 1. The van der Waals surface area contributed by atoms with E-state index in [1.165, 1.54) is 11.0 Å². The molecule has 2 amide bonds. The Kier molecular flexibility index (Phi) is 7.33. The van der Waals surface area contributed by atoms with E-state index in [2.05, 4.69) is 5.32 Å². The van der Waals surface area contributed by atoms with Gasteiger partial charge in [-0.3, -0.25) is 9.59 Å². The Labute approximate surface area is 190 Å². The third-order valence-electron chi connectivity index (χ3n) is 6.20.